The Kier molecular flexibility index (Phi) is 8.44. The number of aryl methyl sites for hydroxylation is 1. The molecule has 2 aromatic heterocycles. The second-order valence-electron chi connectivity index (χ2n) is 8.92. The standard InChI is InChI=1S/C28H27BrN4O2.ClH/c1-18-17-26(33-25-7-3-2-5-23(18)25)31-20-10-12-21(13-11-20)32-27(34)24-6-4-16-30-28(24)35-22-14-8-19(29)9-15-22;/h2-9,14-17,20-21H,10-13H2,1H3,(H,31,33)(H,32,34);1H/t20-,21+;. The molecule has 1 saturated carbocycles. The number of nitrogens with one attached hydrogen (secondary N) is 2. The normalized spacial score (nSPS) is 17.2. The van der Waals surface area contributed by atoms with E-state index in [2.05, 4.69) is 50.6 Å². The van der Waals surface area contributed by atoms with Crippen LogP contribution in [0.2, 0.25) is 0 Å². The van der Waals surface area contributed by atoms with Gasteiger partial charge in [0.15, 0.2) is 0 Å². The Morgan fingerprint density at radius 3 is 2.47 bits per heavy atom. The van der Waals surface area contributed by atoms with E-state index in [-0.39, 0.29) is 24.4 Å². The lowest BCUT2D eigenvalue weighted by molar-refractivity contribution is 0.0923. The van der Waals surface area contributed by atoms with E-state index in [1.165, 1.54) is 10.9 Å². The Hall–Kier alpha value is -3.16. The largest absolute Gasteiger partial charge is 0.438 e. The first-order chi connectivity index (χ1) is 17.0. The van der Waals surface area contributed by atoms with Gasteiger partial charge in [0.05, 0.1) is 5.52 Å². The molecule has 0 unspecified atom stereocenters. The minimum atomic E-state index is -0.159. The van der Waals surface area contributed by atoms with Crippen molar-refractivity contribution in [1.82, 2.24) is 15.3 Å². The molecule has 36 heavy (non-hydrogen) atoms. The molecule has 8 heteroatoms. The molecule has 186 valence electrons. The third-order valence-corrected chi connectivity index (χ3v) is 6.91. The average Bonchev–Trinajstić information content (AvgIpc) is 2.87. The van der Waals surface area contributed by atoms with Crippen LogP contribution in [0, 0.1) is 6.92 Å². The third kappa shape index (κ3) is 6.15. The van der Waals surface area contributed by atoms with Crippen LogP contribution in [0.4, 0.5) is 5.82 Å². The van der Waals surface area contributed by atoms with E-state index in [0.717, 1.165) is 41.5 Å². The fourth-order valence-electron chi connectivity index (χ4n) is 4.54. The summed E-state index contributed by atoms with van der Waals surface area (Å²) in [5.74, 6) is 1.69. The summed E-state index contributed by atoms with van der Waals surface area (Å²) < 4.78 is 6.85. The Morgan fingerprint density at radius 2 is 1.69 bits per heavy atom. The van der Waals surface area contributed by atoms with Crippen molar-refractivity contribution in [3.63, 3.8) is 0 Å². The zero-order valence-electron chi connectivity index (χ0n) is 19.9. The number of hydrogen-bond donors (Lipinski definition) is 2. The summed E-state index contributed by atoms with van der Waals surface area (Å²) in [7, 11) is 0. The van der Waals surface area contributed by atoms with Crippen LogP contribution in [0.5, 0.6) is 11.6 Å². The molecule has 1 aliphatic rings. The number of anilines is 1. The lowest BCUT2D eigenvalue weighted by Gasteiger charge is -2.30. The summed E-state index contributed by atoms with van der Waals surface area (Å²) >= 11 is 3.42. The molecule has 0 spiro atoms. The van der Waals surface area contributed by atoms with Crippen molar-refractivity contribution in [3.8, 4) is 11.6 Å². The van der Waals surface area contributed by atoms with Crippen LogP contribution in [0.1, 0.15) is 41.6 Å². The topological polar surface area (TPSA) is 76.1 Å². The molecule has 0 aliphatic heterocycles. The van der Waals surface area contributed by atoms with E-state index >= 15 is 0 Å². The van der Waals surface area contributed by atoms with Crippen molar-refractivity contribution in [2.75, 3.05) is 5.32 Å². The van der Waals surface area contributed by atoms with Gasteiger partial charge in [-0.2, -0.15) is 0 Å². The van der Waals surface area contributed by atoms with Crippen LogP contribution < -0.4 is 15.4 Å². The molecule has 5 rings (SSSR count). The van der Waals surface area contributed by atoms with Gasteiger partial charge in [-0.05, 0) is 86.7 Å². The summed E-state index contributed by atoms with van der Waals surface area (Å²) in [4.78, 5) is 22.1. The Labute approximate surface area is 225 Å². The highest BCUT2D eigenvalue weighted by molar-refractivity contribution is 9.10. The van der Waals surface area contributed by atoms with Gasteiger partial charge in [-0.15, -0.1) is 12.4 Å². The van der Waals surface area contributed by atoms with Crippen molar-refractivity contribution < 1.29 is 9.53 Å². The quantitative estimate of drug-likeness (QED) is 0.261. The van der Waals surface area contributed by atoms with Crippen molar-refractivity contribution in [2.24, 2.45) is 0 Å². The van der Waals surface area contributed by atoms with Gasteiger partial charge in [0.1, 0.15) is 17.1 Å². The molecule has 1 fully saturated rings. The Morgan fingerprint density at radius 1 is 0.972 bits per heavy atom. The highest BCUT2D eigenvalue weighted by atomic mass is 79.9. The second-order valence-corrected chi connectivity index (χ2v) is 9.84. The van der Waals surface area contributed by atoms with Gasteiger partial charge < -0.3 is 15.4 Å². The van der Waals surface area contributed by atoms with Gasteiger partial charge in [-0.3, -0.25) is 4.79 Å². The highest BCUT2D eigenvalue weighted by Crippen LogP contribution is 2.27. The number of pyridine rings is 2. The maximum Gasteiger partial charge on any atom is 0.257 e. The van der Waals surface area contributed by atoms with E-state index in [1.807, 2.05) is 42.5 Å². The third-order valence-electron chi connectivity index (χ3n) is 6.38. The fourth-order valence-corrected chi connectivity index (χ4v) is 4.80. The summed E-state index contributed by atoms with van der Waals surface area (Å²) in [6.45, 7) is 2.12. The minimum absolute atomic E-state index is 0. The Balaban J connectivity index is 0.00000304. The number of hydrogen-bond acceptors (Lipinski definition) is 5. The van der Waals surface area contributed by atoms with Crippen LogP contribution in [0.3, 0.4) is 0 Å². The van der Waals surface area contributed by atoms with E-state index in [4.69, 9.17) is 9.72 Å². The predicted molar refractivity (Wildman–Crippen MR) is 149 cm³/mol. The SMILES string of the molecule is Cc1cc(N[C@H]2CC[C@@H](NC(=O)c3cccnc3Oc3ccc(Br)cc3)CC2)nc2ccccc12.Cl. The van der Waals surface area contributed by atoms with Gasteiger partial charge in [-0.1, -0.05) is 34.1 Å². The summed E-state index contributed by atoms with van der Waals surface area (Å²) in [6.07, 6.45) is 5.37. The lowest BCUT2D eigenvalue weighted by atomic mass is 9.91. The molecule has 6 nitrogen and oxygen atoms in total. The summed E-state index contributed by atoms with van der Waals surface area (Å²) in [6, 6.07) is 21.7. The second kappa shape index (κ2) is 11.7. The number of ether oxygens (including phenoxy) is 1. The molecular formula is C28H28BrClN4O2. The molecule has 0 saturated heterocycles. The molecule has 1 aliphatic carbocycles. The van der Waals surface area contributed by atoms with Gasteiger partial charge in [-0.25, -0.2) is 9.97 Å². The maximum absolute atomic E-state index is 13.0. The summed E-state index contributed by atoms with van der Waals surface area (Å²) in [5, 5.41) is 7.96. The monoisotopic (exact) mass is 566 g/mol. The van der Waals surface area contributed by atoms with E-state index < -0.39 is 0 Å². The lowest BCUT2D eigenvalue weighted by Crippen LogP contribution is -2.40. The smallest absolute Gasteiger partial charge is 0.257 e. The zero-order chi connectivity index (χ0) is 24.2. The number of carbonyl (C=O) groups excluding carboxylic acids is 1. The summed E-state index contributed by atoms with van der Waals surface area (Å²) in [5.41, 5.74) is 2.66. The van der Waals surface area contributed by atoms with Gasteiger partial charge in [0, 0.05) is 28.1 Å². The number of rotatable bonds is 6. The number of carbonyl (C=O) groups is 1. The first kappa shape index (κ1) is 25.9. The molecule has 0 bridgehead atoms. The van der Waals surface area contributed by atoms with Gasteiger partial charge in [0.25, 0.3) is 5.91 Å². The first-order valence-corrected chi connectivity index (χ1v) is 12.7. The first-order valence-electron chi connectivity index (χ1n) is 11.9. The van der Waals surface area contributed by atoms with Crippen LogP contribution >= 0.6 is 28.3 Å². The van der Waals surface area contributed by atoms with Crippen LogP contribution in [-0.2, 0) is 0 Å². The molecule has 1 amide bonds. The zero-order valence-corrected chi connectivity index (χ0v) is 22.3. The number of halogens is 2. The van der Waals surface area contributed by atoms with Gasteiger partial charge in [0.2, 0.25) is 5.88 Å². The number of nitrogens with zero attached hydrogens (tertiary/aromatic N) is 2. The molecule has 2 N–H and O–H groups in total. The van der Waals surface area contributed by atoms with Crippen molar-refractivity contribution in [2.45, 2.75) is 44.7 Å². The number of amides is 1. The predicted octanol–water partition coefficient (Wildman–Crippen LogP) is 7.07. The maximum atomic E-state index is 13.0. The molecule has 2 heterocycles. The van der Waals surface area contributed by atoms with Crippen LogP contribution in [-0.4, -0.2) is 28.0 Å². The molecular weight excluding hydrogens is 540 g/mol. The molecule has 4 aromatic rings. The minimum Gasteiger partial charge on any atom is -0.438 e. The number of para-hydroxylation sites is 1. The van der Waals surface area contributed by atoms with E-state index in [0.29, 0.717) is 23.2 Å². The highest BCUT2D eigenvalue weighted by Gasteiger charge is 2.24. The fraction of sp³-hybridized carbons (Fsp3) is 0.250. The Bertz CT molecular complexity index is 1340. The number of benzene rings is 2. The van der Waals surface area contributed by atoms with Crippen LogP contribution in [0.15, 0.2) is 77.4 Å². The van der Waals surface area contributed by atoms with Gasteiger partial charge >= 0.3 is 0 Å². The van der Waals surface area contributed by atoms with Crippen molar-refractivity contribution in [3.05, 3.63) is 88.5 Å². The van der Waals surface area contributed by atoms with E-state index in [9.17, 15) is 4.79 Å². The molecule has 0 radical (unpaired) electrons. The van der Waals surface area contributed by atoms with Crippen LogP contribution in [0.25, 0.3) is 10.9 Å². The average molecular weight is 568 g/mol. The van der Waals surface area contributed by atoms with Crippen molar-refractivity contribution in [1.29, 1.82) is 0 Å². The molecule has 0 atom stereocenters. The van der Waals surface area contributed by atoms with Crippen molar-refractivity contribution >= 4 is 51.0 Å². The number of aromatic nitrogens is 2. The molecule has 2 aromatic carbocycles. The van der Waals surface area contributed by atoms with E-state index in [1.54, 1.807) is 18.3 Å². The number of fused-ring (bicyclic) bond motifs is 1.